The van der Waals surface area contributed by atoms with Crippen molar-refractivity contribution in [3.05, 3.63) is 52.9 Å². The number of amides is 2. The van der Waals surface area contributed by atoms with Crippen LogP contribution in [0.2, 0.25) is 0 Å². The molecule has 3 rings (SSSR count). The van der Waals surface area contributed by atoms with E-state index >= 15 is 0 Å². The molecule has 2 N–H and O–H groups in total. The highest BCUT2D eigenvalue weighted by molar-refractivity contribution is 5.96. The fourth-order valence-electron chi connectivity index (χ4n) is 3.23. The van der Waals surface area contributed by atoms with Gasteiger partial charge in [-0.15, -0.1) is 0 Å². The Morgan fingerprint density at radius 3 is 2.56 bits per heavy atom. The van der Waals surface area contributed by atoms with Crippen LogP contribution in [0.4, 0.5) is 0 Å². The lowest BCUT2D eigenvalue weighted by Gasteiger charge is -2.39. The highest BCUT2D eigenvalue weighted by Crippen LogP contribution is 2.19. The number of rotatable bonds is 4. The molecule has 2 aromatic rings. The maximum absolute atomic E-state index is 12.8. The van der Waals surface area contributed by atoms with E-state index in [1.165, 1.54) is 0 Å². The molecule has 0 radical (unpaired) electrons. The summed E-state index contributed by atoms with van der Waals surface area (Å²) in [6.45, 7) is 5.45. The summed E-state index contributed by atoms with van der Waals surface area (Å²) < 4.78 is 5.08. The number of carbonyl (C=O) groups excluding carboxylic acids is 2. The predicted molar refractivity (Wildman–Crippen MR) is 91.7 cm³/mol. The standard InChI is InChI=1S/C18H22N4O3/c1-12-16(13(2)25-20-12)18(24)22-9-8-21(15(11-22)17(19)23)10-14-6-4-3-5-7-14/h3-7,15H,8-11H2,1-2H3,(H2,19,23). The summed E-state index contributed by atoms with van der Waals surface area (Å²) in [4.78, 5) is 28.4. The number of aromatic nitrogens is 1. The largest absolute Gasteiger partial charge is 0.368 e. The Bertz CT molecular complexity index is 752. The van der Waals surface area contributed by atoms with Gasteiger partial charge in [-0.05, 0) is 19.4 Å². The van der Waals surface area contributed by atoms with E-state index in [2.05, 4.69) is 5.16 Å². The summed E-state index contributed by atoms with van der Waals surface area (Å²) >= 11 is 0. The summed E-state index contributed by atoms with van der Waals surface area (Å²) in [5, 5.41) is 3.83. The molecule has 1 aliphatic rings. The third-order valence-electron chi connectivity index (χ3n) is 4.58. The van der Waals surface area contributed by atoms with Crippen molar-refractivity contribution in [1.29, 1.82) is 0 Å². The van der Waals surface area contributed by atoms with Crippen LogP contribution in [-0.4, -0.2) is 52.4 Å². The molecule has 1 fully saturated rings. The van der Waals surface area contributed by atoms with Crippen LogP contribution < -0.4 is 5.73 Å². The van der Waals surface area contributed by atoms with E-state index in [0.717, 1.165) is 5.56 Å². The lowest BCUT2D eigenvalue weighted by Crippen LogP contribution is -2.59. The second kappa shape index (κ2) is 7.06. The molecule has 1 atom stereocenters. The van der Waals surface area contributed by atoms with Gasteiger partial charge in [0.2, 0.25) is 5.91 Å². The third kappa shape index (κ3) is 3.56. The molecule has 1 aromatic carbocycles. The van der Waals surface area contributed by atoms with Crippen LogP contribution in [0.15, 0.2) is 34.9 Å². The van der Waals surface area contributed by atoms with Crippen LogP contribution in [0.3, 0.4) is 0 Å². The number of carbonyl (C=O) groups is 2. The SMILES string of the molecule is Cc1noc(C)c1C(=O)N1CCN(Cc2ccccc2)C(C(N)=O)C1. The normalized spacial score (nSPS) is 18.3. The quantitative estimate of drug-likeness (QED) is 0.898. The van der Waals surface area contributed by atoms with Crippen molar-refractivity contribution in [3.8, 4) is 0 Å². The molecule has 1 unspecified atom stereocenters. The molecule has 7 nitrogen and oxygen atoms in total. The number of benzene rings is 1. The van der Waals surface area contributed by atoms with E-state index in [0.29, 0.717) is 36.7 Å². The monoisotopic (exact) mass is 342 g/mol. The molecule has 2 amide bonds. The Labute approximate surface area is 146 Å². The van der Waals surface area contributed by atoms with Crippen LogP contribution in [0.5, 0.6) is 0 Å². The Hall–Kier alpha value is -2.67. The zero-order valence-electron chi connectivity index (χ0n) is 14.4. The highest BCUT2D eigenvalue weighted by atomic mass is 16.5. The molecule has 2 heterocycles. The maximum atomic E-state index is 12.8. The summed E-state index contributed by atoms with van der Waals surface area (Å²) in [5.41, 5.74) is 7.75. The number of primary amides is 1. The minimum Gasteiger partial charge on any atom is -0.368 e. The summed E-state index contributed by atoms with van der Waals surface area (Å²) in [6.07, 6.45) is 0. The highest BCUT2D eigenvalue weighted by Gasteiger charge is 2.34. The molecule has 0 bridgehead atoms. The number of hydrogen-bond donors (Lipinski definition) is 1. The molecule has 1 aromatic heterocycles. The van der Waals surface area contributed by atoms with Gasteiger partial charge in [-0.2, -0.15) is 0 Å². The molecule has 1 aliphatic heterocycles. The van der Waals surface area contributed by atoms with E-state index in [1.807, 2.05) is 35.2 Å². The summed E-state index contributed by atoms with van der Waals surface area (Å²) in [7, 11) is 0. The first-order valence-electron chi connectivity index (χ1n) is 8.27. The zero-order chi connectivity index (χ0) is 18.0. The molecular formula is C18H22N4O3. The van der Waals surface area contributed by atoms with Crippen molar-refractivity contribution in [2.24, 2.45) is 5.73 Å². The summed E-state index contributed by atoms with van der Waals surface area (Å²) in [5.74, 6) is -0.0982. The van der Waals surface area contributed by atoms with Crippen molar-refractivity contribution in [1.82, 2.24) is 15.0 Å². The van der Waals surface area contributed by atoms with E-state index in [-0.39, 0.29) is 12.5 Å². The average Bonchev–Trinajstić information content (AvgIpc) is 2.94. The average molecular weight is 342 g/mol. The fraction of sp³-hybridized carbons (Fsp3) is 0.389. The first-order chi connectivity index (χ1) is 12.0. The van der Waals surface area contributed by atoms with E-state index in [9.17, 15) is 9.59 Å². The van der Waals surface area contributed by atoms with Crippen LogP contribution >= 0.6 is 0 Å². The predicted octanol–water partition coefficient (Wildman–Crippen LogP) is 1.10. The Kier molecular flexibility index (Phi) is 4.85. The van der Waals surface area contributed by atoms with Crippen molar-refractivity contribution in [3.63, 3.8) is 0 Å². The molecule has 132 valence electrons. The Balaban J connectivity index is 1.75. The van der Waals surface area contributed by atoms with Gasteiger partial charge in [0.25, 0.3) is 5.91 Å². The topological polar surface area (TPSA) is 92.7 Å². The van der Waals surface area contributed by atoms with Crippen molar-refractivity contribution in [2.45, 2.75) is 26.4 Å². The van der Waals surface area contributed by atoms with Gasteiger partial charge in [-0.3, -0.25) is 14.5 Å². The second-order valence-electron chi connectivity index (χ2n) is 6.32. The van der Waals surface area contributed by atoms with Crippen LogP contribution in [0.25, 0.3) is 0 Å². The molecule has 0 spiro atoms. The van der Waals surface area contributed by atoms with Gasteiger partial charge in [0.1, 0.15) is 17.4 Å². The smallest absolute Gasteiger partial charge is 0.259 e. The van der Waals surface area contributed by atoms with Crippen LogP contribution in [-0.2, 0) is 11.3 Å². The minimum absolute atomic E-state index is 0.165. The molecule has 25 heavy (non-hydrogen) atoms. The van der Waals surface area contributed by atoms with Gasteiger partial charge in [0.15, 0.2) is 0 Å². The lowest BCUT2D eigenvalue weighted by molar-refractivity contribution is -0.125. The Morgan fingerprint density at radius 2 is 1.96 bits per heavy atom. The summed E-state index contributed by atoms with van der Waals surface area (Å²) in [6, 6.07) is 9.39. The second-order valence-corrected chi connectivity index (χ2v) is 6.32. The van der Waals surface area contributed by atoms with Crippen molar-refractivity contribution >= 4 is 11.8 Å². The van der Waals surface area contributed by atoms with Gasteiger partial charge in [-0.1, -0.05) is 35.5 Å². The molecule has 0 saturated carbocycles. The van der Waals surface area contributed by atoms with E-state index in [1.54, 1.807) is 18.7 Å². The van der Waals surface area contributed by atoms with Gasteiger partial charge < -0.3 is 15.2 Å². The van der Waals surface area contributed by atoms with Crippen LogP contribution in [0, 0.1) is 13.8 Å². The molecular weight excluding hydrogens is 320 g/mol. The minimum atomic E-state index is -0.515. The number of aryl methyl sites for hydroxylation is 2. The van der Waals surface area contributed by atoms with Gasteiger partial charge in [0, 0.05) is 26.2 Å². The first-order valence-corrected chi connectivity index (χ1v) is 8.27. The van der Waals surface area contributed by atoms with Crippen molar-refractivity contribution in [2.75, 3.05) is 19.6 Å². The fourth-order valence-corrected chi connectivity index (χ4v) is 3.23. The number of piperazine rings is 1. The van der Waals surface area contributed by atoms with Gasteiger partial charge in [-0.25, -0.2) is 0 Å². The van der Waals surface area contributed by atoms with Crippen molar-refractivity contribution < 1.29 is 14.1 Å². The van der Waals surface area contributed by atoms with E-state index < -0.39 is 11.9 Å². The van der Waals surface area contributed by atoms with Gasteiger partial charge in [0.05, 0.1) is 5.69 Å². The van der Waals surface area contributed by atoms with Gasteiger partial charge >= 0.3 is 0 Å². The molecule has 1 saturated heterocycles. The molecule has 0 aliphatic carbocycles. The maximum Gasteiger partial charge on any atom is 0.259 e. The van der Waals surface area contributed by atoms with Crippen LogP contribution in [0.1, 0.15) is 27.4 Å². The Morgan fingerprint density at radius 1 is 1.24 bits per heavy atom. The number of nitrogens with two attached hydrogens (primary N) is 1. The number of hydrogen-bond acceptors (Lipinski definition) is 5. The number of nitrogens with zero attached hydrogens (tertiary/aromatic N) is 3. The third-order valence-corrected chi connectivity index (χ3v) is 4.58. The van der Waals surface area contributed by atoms with E-state index in [4.69, 9.17) is 10.3 Å². The lowest BCUT2D eigenvalue weighted by atomic mass is 10.1. The zero-order valence-corrected chi connectivity index (χ0v) is 14.4. The molecule has 7 heteroatoms. The first kappa shape index (κ1) is 17.2.